The minimum atomic E-state index is -0.289. The first-order valence-electron chi connectivity index (χ1n) is 5.27. The zero-order chi connectivity index (χ0) is 12.3. The van der Waals surface area contributed by atoms with Crippen molar-refractivity contribution in [1.29, 1.82) is 5.41 Å². The molecule has 0 atom stereocenters. The highest BCUT2D eigenvalue weighted by Gasteiger charge is 2.14. The average molecular weight is 252 g/mol. The fourth-order valence-electron chi connectivity index (χ4n) is 1.65. The largest absolute Gasteiger partial charge is 0.462 e. The maximum atomic E-state index is 13.0. The third-order valence-electron chi connectivity index (χ3n) is 2.46. The lowest BCUT2D eigenvalue weighted by Gasteiger charge is -2.19. The Morgan fingerprint density at radius 1 is 1.53 bits per heavy atom. The average Bonchev–Trinajstić information content (AvgIpc) is 2.28. The lowest BCUT2D eigenvalue weighted by Crippen LogP contribution is -2.08. The summed E-state index contributed by atoms with van der Waals surface area (Å²) in [6.45, 7) is 0. The predicted octanol–water partition coefficient (Wildman–Crippen LogP) is 2.66. The van der Waals surface area contributed by atoms with Gasteiger partial charge in [-0.1, -0.05) is 17.8 Å². The topological polar surface area (TPSA) is 59.1 Å². The Hall–Kier alpha value is -1.49. The van der Waals surface area contributed by atoms with E-state index in [1.165, 1.54) is 23.9 Å². The van der Waals surface area contributed by atoms with Crippen LogP contribution in [0.4, 0.5) is 4.39 Å². The molecule has 5 heteroatoms. The predicted molar refractivity (Wildman–Crippen MR) is 67.8 cm³/mol. The molecule has 0 amide bonds. The molecule has 0 fully saturated rings. The zero-order valence-electron chi connectivity index (χ0n) is 9.20. The van der Waals surface area contributed by atoms with E-state index in [9.17, 15) is 4.39 Å². The Bertz CT molecular complexity index is 474. The first kappa shape index (κ1) is 12.0. The van der Waals surface area contributed by atoms with Gasteiger partial charge in [-0.2, -0.15) is 0 Å². The van der Waals surface area contributed by atoms with Crippen LogP contribution in [0.3, 0.4) is 0 Å². The van der Waals surface area contributed by atoms with Gasteiger partial charge in [-0.3, -0.25) is 5.41 Å². The second-order valence-corrected chi connectivity index (χ2v) is 4.76. The molecule has 2 rings (SSSR count). The molecule has 17 heavy (non-hydrogen) atoms. The van der Waals surface area contributed by atoms with Crippen LogP contribution < -0.4 is 10.5 Å². The van der Waals surface area contributed by atoms with Gasteiger partial charge in [-0.15, -0.1) is 0 Å². The van der Waals surface area contributed by atoms with E-state index in [1.807, 2.05) is 6.08 Å². The van der Waals surface area contributed by atoms with E-state index < -0.39 is 0 Å². The molecule has 0 saturated heterocycles. The summed E-state index contributed by atoms with van der Waals surface area (Å²) >= 11 is 1.24. The van der Waals surface area contributed by atoms with Crippen molar-refractivity contribution in [1.82, 2.24) is 0 Å². The van der Waals surface area contributed by atoms with E-state index in [1.54, 1.807) is 6.07 Å². The molecule has 1 aromatic carbocycles. The van der Waals surface area contributed by atoms with Crippen molar-refractivity contribution in [3.8, 4) is 5.75 Å². The maximum absolute atomic E-state index is 13.0. The van der Waals surface area contributed by atoms with Gasteiger partial charge in [0.15, 0.2) is 5.17 Å². The maximum Gasteiger partial charge on any atom is 0.151 e. The number of hydrogen-bond acceptors (Lipinski definition) is 3. The van der Waals surface area contributed by atoms with Crippen molar-refractivity contribution >= 4 is 16.9 Å². The van der Waals surface area contributed by atoms with E-state index in [2.05, 4.69) is 0 Å². The summed E-state index contributed by atoms with van der Waals surface area (Å²) in [6.07, 6.45) is 3.54. The third-order valence-corrected chi connectivity index (χ3v) is 3.11. The fraction of sp³-hybridized carbons (Fsp3) is 0.250. The SMILES string of the molecule is N=C(N)SCC=C1CCc2ccc(F)cc2O1. The number of rotatable bonds is 2. The van der Waals surface area contributed by atoms with Gasteiger partial charge in [0.05, 0.1) is 0 Å². The molecule has 0 aliphatic carbocycles. The number of fused-ring (bicyclic) bond motifs is 1. The Labute approximate surface area is 103 Å². The van der Waals surface area contributed by atoms with Gasteiger partial charge in [-0.25, -0.2) is 4.39 Å². The van der Waals surface area contributed by atoms with E-state index in [0.29, 0.717) is 11.5 Å². The number of allylic oxidation sites excluding steroid dienone is 1. The number of amidine groups is 1. The Morgan fingerprint density at radius 3 is 3.12 bits per heavy atom. The van der Waals surface area contributed by atoms with Crippen LogP contribution in [-0.2, 0) is 6.42 Å². The summed E-state index contributed by atoms with van der Waals surface area (Å²) in [5, 5.41) is 7.17. The number of halogens is 1. The molecule has 0 aromatic heterocycles. The summed E-state index contributed by atoms with van der Waals surface area (Å²) in [4.78, 5) is 0. The van der Waals surface area contributed by atoms with Crippen LogP contribution in [0.5, 0.6) is 5.75 Å². The summed E-state index contributed by atoms with van der Waals surface area (Å²) in [5.74, 6) is 1.73. The number of hydrogen-bond donors (Lipinski definition) is 2. The number of benzene rings is 1. The molecule has 0 spiro atoms. The fourth-order valence-corrected chi connectivity index (χ4v) is 2.10. The van der Waals surface area contributed by atoms with Gasteiger partial charge in [0, 0.05) is 18.2 Å². The Kier molecular flexibility index (Phi) is 3.68. The second kappa shape index (κ2) is 5.23. The van der Waals surface area contributed by atoms with Crippen molar-refractivity contribution in [2.75, 3.05) is 5.75 Å². The van der Waals surface area contributed by atoms with Crippen LogP contribution >= 0.6 is 11.8 Å². The number of aryl methyl sites for hydroxylation is 1. The normalized spacial score (nSPS) is 16.4. The monoisotopic (exact) mass is 252 g/mol. The van der Waals surface area contributed by atoms with Crippen molar-refractivity contribution in [2.45, 2.75) is 12.8 Å². The molecule has 1 heterocycles. The number of ether oxygens (including phenoxy) is 1. The standard InChI is InChI=1S/C12H13FN2OS/c13-9-3-1-8-2-4-10(16-11(8)7-9)5-6-17-12(14)15/h1,3,5,7H,2,4,6H2,(H3,14,15). The van der Waals surface area contributed by atoms with Gasteiger partial charge in [-0.05, 0) is 24.1 Å². The minimum Gasteiger partial charge on any atom is -0.462 e. The van der Waals surface area contributed by atoms with Crippen LogP contribution in [0.15, 0.2) is 30.0 Å². The molecule has 1 aliphatic heterocycles. The van der Waals surface area contributed by atoms with Crippen molar-refractivity contribution in [2.24, 2.45) is 5.73 Å². The molecule has 3 nitrogen and oxygen atoms in total. The molecule has 1 aliphatic rings. The molecule has 0 saturated carbocycles. The van der Waals surface area contributed by atoms with Crippen molar-refractivity contribution in [3.63, 3.8) is 0 Å². The molecule has 0 radical (unpaired) electrons. The molecule has 0 bridgehead atoms. The van der Waals surface area contributed by atoms with E-state index in [4.69, 9.17) is 15.9 Å². The Balaban J connectivity index is 2.04. The van der Waals surface area contributed by atoms with Gasteiger partial charge >= 0.3 is 0 Å². The quantitative estimate of drug-likeness (QED) is 0.628. The molecular weight excluding hydrogens is 239 g/mol. The summed E-state index contributed by atoms with van der Waals surface area (Å²) in [7, 11) is 0. The van der Waals surface area contributed by atoms with E-state index in [-0.39, 0.29) is 11.0 Å². The molecule has 3 N–H and O–H groups in total. The van der Waals surface area contributed by atoms with Crippen LogP contribution in [0.2, 0.25) is 0 Å². The van der Waals surface area contributed by atoms with Gasteiger partial charge < -0.3 is 10.5 Å². The molecule has 1 aromatic rings. The summed E-state index contributed by atoms with van der Waals surface area (Å²) in [6, 6.07) is 4.61. The third kappa shape index (κ3) is 3.23. The van der Waals surface area contributed by atoms with E-state index in [0.717, 1.165) is 24.2 Å². The molecule has 0 unspecified atom stereocenters. The van der Waals surface area contributed by atoms with Crippen LogP contribution in [-0.4, -0.2) is 10.9 Å². The smallest absolute Gasteiger partial charge is 0.151 e. The first-order chi connectivity index (χ1) is 8.15. The van der Waals surface area contributed by atoms with E-state index >= 15 is 0 Å². The van der Waals surface area contributed by atoms with Crippen molar-refractivity contribution < 1.29 is 9.13 Å². The Morgan fingerprint density at radius 2 is 2.35 bits per heavy atom. The first-order valence-corrected chi connectivity index (χ1v) is 6.26. The van der Waals surface area contributed by atoms with Gasteiger partial charge in [0.2, 0.25) is 0 Å². The van der Waals surface area contributed by atoms with Crippen LogP contribution in [0.1, 0.15) is 12.0 Å². The highest BCUT2D eigenvalue weighted by molar-refractivity contribution is 8.13. The minimum absolute atomic E-state index is 0.0871. The lowest BCUT2D eigenvalue weighted by molar-refractivity contribution is 0.374. The summed E-state index contributed by atoms with van der Waals surface area (Å²) in [5.41, 5.74) is 6.26. The van der Waals surface area contributed by atoms with Crippen molar-refractivity contribution in [3.05, 3.63) is 41.4 Å². The van der Waals surface area contributed by atoms with Crippen LogP contribution in [0, 0.1) is 11.2 Å². The van der Waals surface area contributed by atoms with Gasteiger partial charge in [0.25, 0.3) is 0 Å². The number of thioether (sulfide) groups is 1. The zero-order valence-corrected chi connectivity index (χ0v) is 10.0. The molecule has 90 valence electrons. The summed E-state index contributed by atoms with van der Waals surface area (Å²) < 4.78 is 18.6. The van der Waals surface area contributed by atoms with Crippen LogP contribution in [0.25, 0.3) is 0 Å². The lowest BCUT2D eigenvalue weighted by atomic mass is 10.0. The highest BCUT2D eigenvalue weighted by Crippen LogP contribution is 2.30. The number of nitrogens with one attached hydrogen (secondary N) is 1. The second-order valence-electron chi connectivity index (χ2n) is 3.70. The van der Waals surface area contributed by atoms with Gasteiger partial charge in [0.1, 0.15) is 17.3 Å². The highest BCUT2D eigenvalue weighted by atomic mass is 32.2. The molecular formula is C12H13FN2OS. The number of nitrogens with two attached hydrogens (primary N) is 1.